The molecule has 4 rings (SSSR count). The number of aryl methyl sites for hydroxylation is 2. The van der Waals surface area contributed by atoms with Crippen LogP contribution in [0, 0.1) is 12.8 Å². The Hall–Kier alpha value is -2.78. The van der Waals surface area contributed by atoms with E-state index in [1.807, 2.05) is 19.1 Å². The first-order valence-corrected chi connectivity index (χ1v) is 11.4. The summed E-state index contributed by atoms with van der Waals surface area (Å²) >= 11 is 0. The molecule has 0 aliphatic carbocycles. The molecule has 9 heteroatoms. The van der Waals surface area contributed by atoms with Crippen LogP contribution in [0.2, 0.25) is 0 Å². The third-order valence-corrected chi connectivity index (χ3v) is 7.47. The molecule has 2 aromatic rings. The lowest BCUT2D eigenvalue weighted by Crippen LogP contribution is -2.41. The summed E-state index contributed by atoms with van der Waals surface area (Å²) in [4.78, 5) is 28.5. The highest BCUT2D eigenvalue weighted by atomic mass is 32.2. The Morgan fingerprint density at radius 1 is 1.17 bits per heavy atom. The minimum absolute atomic E-state index is 0.0562. The SMILES string of the molecule is Cc1cccc(NC(=O)C2CCN(S(=O)(=O)c3ccc4c(c3)CCC(=O)N4)CC2)n1. The number of pyridine rings is 1. The zero-order valence-corrected chi connectivity index (χ0v) is 17.5. The number of hydrogen-bond donors (Lipinski definition) is 2. The predicted molar refractivity (Wildman–Crippen MR) is 112 cm³/mol. The molecule has 2 N–H and O–H groups in total. The second-order valence-corrected chi connectivity index (χ2v) is 9.64. The molecule has 1 aromatic carbocycles. The molecule has 0 atom stereocenters. The number of rotatable bonds is 4. The standard InChI is InChI=1S/C21H24N4O4S/c1-14-3-2-4-19(22-14)24-21(27)15-9-11-25(12-10-15)30(28,29)17-6-7-18-16(13-17)5-8-20(26)23-18/h2-4,6-7,13,15H,5,8-12H2,1H3,(H,23,26)(H,22,24,27). The molecule has 0 unspecified atom stereocenters. The van der Waals surface area contributed by atoms with Crippen LogP contribution in [0.3, 0.4) is 0 Å². The van der Waals surface area contributed by atoms with Crippen molar-refractivity contribution in [1.82, 2.24) is 9.29 Å². The van der Waals surface area contributed by atoms with E-state index in [2.05, 4.69) is 15.6 Å². The maximum Gasteiger partial charge on any atom is 0.243 e. The summed E-state index contributed by atoms with van der Waals surface area (Å²) in [6, 6.07) is 10.2. The number of fused-ring (bicyclic) bond motifs is 1. The van der Waals surface area contributed by atoms with Crippen LogP contribution in [-0.4, -0.2) is 42.6 Å². The van der Waals surface area contributed by atoms with Gasteiger partial charge in [0.05, 0.1) is 4.90 Å². The van der Waals surface area contributed by atoms with E-state index in [-0.39, 0.29) is 35.7 Å². The lowest BCUT2D eigenvalue weighted by molar-refractivity contribution is -0.121. The molecule has 2 aliphatic heterocycles. The summed E-state index contributed by atoms with van der Waals surface area (Å²) in [5.41, 5.74) is 2.32. The summed E-state index contributed by atoms with van der Waals surface area (Å²) in [6.07, 6.45) is 1.79. The molecule has 2 amide bonds. The Kier molecular flexibility index (Phi) is 5.57. The van der Waals surface area contributed by atoms with Gasteiger partial charge in [-0.25, -0.2) is 13.4 Å². The lowest BCUT2D eigenvalue weighted by atomic mass is 9.97. The number of aromatic nitrogens is 1. The fourth-order valence-electron chi connectivity index (χ4n) is 3.87. The molecular weight excluding hydrogens is 404 g/mol. The summed E-state index contributed by atoms with van der Waals surface area (Å²) in [5, 5.41) is 5.59. The summed E-state index contributed by atoms with van der Waals surface area (Å²) in [5.74, 6) is 0.0719. The highest BCUT2D eigenvalue weighted by Gasteiger charge is 2.32. The van der Waals surface area contributed by atoms with Crippen molar-refractivity contribution < 1.29 is 18.0 Å². The van der Waals surface area contributed by atoms with E-state index < -0.39 is 10.0 Å². The number of sulfonamides is 1. The van der Waals surface area contributed by atoms with Crippen molar-refractivity contribution in [1.29, 1.82) is 0 Å². The highest BCUT2D eigenvalue weighted by Crippen LogP contribution is 2.29. The third-order valence-electron chi connectivity index (χ3n) is 5.57. The van der Waals surface area contributed by atoms with Crippen LogP contribution in [0.4, 0.5) is 11.5 Å². The molecule has 0 saturated carbocycles. The molecule has 2 aliphatic rings. The maximum atomic E-state index is 13.1. The van der Waals surface area contributed by atoms with Crippen molar-refractivity contribution >= 4 is 33.3 Å². The number of amides is 2. The summed E-state index contributed by atoms with van der Waals surface area (Å²) in [6.45, 7) is 2.43. The predicted octanol–water partition coefficient (Wildman–Crippen LogP) is 2.31. The number of piperidine rings is 1. The van der Waals surface area contributed by atoms with Gasteiger partial charge in [-0.15, -0.1) is 0 Å². The van der Waals surface area contributed by atoms with Crippen molar-refractivity contribution in [3.63, 3.8) is 0 Å². The van der Waals surface area contributed by atoms with Crippen LogP contribution in [-0.2, 0) is 26.0 Å². The van der Waals surface area contributed by atoms with Gasteiger partial charge in [-0.05, 0) is 62.1 Å². The minimum Gasteiger partial charge on any atom is -0.326 e. The van der Waals surface area contributed by atoms with Crippen molar-refractivity contribution in [2.24, 2.45) is 5.92 Å². The molecule has 1 aromatic heterocycles. The Morgan fingerprint density at radius 3 is 2.67 bits per heavy atom. The van der Waals surface area contributed by atoms with Crippen LogP contribution in [0.15, 0.2) is 41.3 Å². The highest BCUT2D eigenvalue weighted by molar-refractivity contribution is 7.89. The zero-order valence-electron chi connectivity index (χ0n) is 16.7. The molecule has 0 spiro atoms. The van der Waals surface area contributed by atoms with Crippen molar-refractivity contribution in [3.05, 3.63) is 47.7 Å². The van der Waals surface area contributed by atoms with Gasteiger partial charge in [0.1, 0.15) is 5.82 Å². The molecular formula is C21H24N4O4S. The number of hydrogen-bond acceptors (Lipinski definition) is 5. The van der Waals surface area contributed by atoms with Crippen LogP contribution in [0.25, 0.3) is 0 Å². The Labute approximate surface area is 175 Å². The van der Waals surface area contributed by atoms with E-state index in [1.54, 1.807) is 18.2 Å². The molecule has 0 bridgehead atoms. The van der Waals surface area contributed by atoms with Crippen LogP contribution in [0.5, 0.6) is 0 Å². The molecule has 0 radical (unpaired) electrons. The quantitative estimate of drug-likeness (QED) is 0.777. The van der Waals surface area contributed by atoms with E-state index in [0.29, 0.717) is 37.2 Å². The van der Waals surface area contributed by atoms with Gasteiger partial charge in [0.15, 0.2) is 0 Å². The maximum absolute atomic E-state index is 13.1. The van der Waals surface area contributed by atoms with Gasteiger partial charge in [0, 0.05) is 36.8 Å². The van der Waals surface area contributed by atoms with E-state index in [9.17, 15) is 18.0 Å². The van der Waals surface area contributed by atoms with Crippen molar-refractivity contribution in [3.8, 4) is 0 Å². The zero-order chi connectivity index (χ0) is 21.3. The van der Waals surface area contributed by atoms with Gasteiger partial charge in [-0.3, -0.25) is 9.59 Å². The average molecular weight is 429 g/mol. The lowest BCUT2D eigenvalue weighted by Gasteiger charge is -2.30. The number of nitrogens with zero attached hydrogens (tertiary/aromatic N) is 2. The number of anilines is 2. The average Bonchev–Trinajstić information content (AvgIpc) is 2.73. The van der Waals surface area contributed by atoms with Crippen molar-refractivity contribution in [2.45, 2.75) is 37.5 Å². The first-order valence-electron chi connectivity index (χ1n) is 10.0. The van der Waals surface area contributed by atoms with E-state index in [1.165, 1.54) is 10.4 Å². The van der Waals surface area contributed by atoms with Gasteiger partial charge in [0.2, 0.25) is 21.8 Å². The molecule has 1 saturated heterocycles. The summed E-state index contributed by atoms with van der Waals surface area (Å²) < 4.78 is 27.6. The van der Waals surface area contributed by atoms with E-state index in [0.717, 1.165) is 11.3 Å². The molecule has 30 heavy (non-hydrogen) atoms. The minimum atomic E-state index is -3.65. The first-order chi connectivity index (χ1) is 14.3. The molecule has 158 valence electrons. The molecule has 8 nitrogen and oxygen atoms in total. The number of benzene rings is 1. The van der Waals surface area contributed by atoms with E-state index >= 15 is 0 Å². The molecule has 1 fully saturated rings. The Balaban J connectivity index is 1.41. The third kappa shape index (κ3) is 4.22. The first kappa shape index (κ1) is 20.5. The second-order valence-electron chi connectivity index (χ2n) is 7.70. The number of carbonyl (C=O) groups excluding carboxylic acids is 2. The molecule has 3 heterocycles. The van der Waals surface area contributed by atoms with Crippen molar-refractivity contribution in [2.75, 3.05) is 23.7 Å². The van der Waals surface area contributed by atoms with Gasteiger partial charge < -0.3 is 10.6 Å². The number of nitrogens with one attached hydrogen (secondary N) is 2. The van der Waals surface area contributed by atoms with Gasteiger partial charge in [0.25, 0.3) is 0 Å². The summed E-state index contributed by atoms with van der Waals surface area (Å²) in [7, 11) is -3.65. The van der Waals surface area contributed by atoms with E-state index in [4.69, 9.17) is 0 Å². The Morgan fingerprint density at radius 2 is 1.93 bits per heavy atom. The smallest absolute Gasteiger partial charge is 0.243 e. The Bertz CT molecular complexity index is 1090. The van der Waals surface area contributed by atoms with Gasteiger partial charge in [-0.1, -0.05) is 6.07 Å². The topological polar surface area (TPSA) is 108 Å². The second kappa shape index (κ2) is 8.16. The monoisotopic (exact) mass is 428 g/mol. The van der Waals surface area contributed by atoms with Gasteiger partial charge >= 0.3 is 0 Å². The fourth-order valence-corrected chi connectivity index (χ4v) is 5.39. The van der Waals surface area contributed by atoms with Gasteiger partial charge in [-0.2, -0.15) is 4.31 Å². The van der Waals surface area contributed by atoms with Crippen LogP contribution >= 0.6 is 0 Å². The largest absolute Gasteiger partial charge is 0.326 e. The van der Waals surface area contributed by atoms with Crippen LogP contribution in [0.1, 0.15) is 30.5 Å². The normalized spacial score (nSPS) is 17.8. The number of carbonyl (C=O) groups is 2. The van der Waals surface area contributed by atoms with Crippen LogP contribution < -0.4 is 10.6 Å². The fraction of sp³-hybridized carbons (Fsp3) is 0.381.